The molecule has 6 aliphatic heterocycles. The zero-order valence-electron chi connectivity index (χ0n) is 39.9. The van der Waals surface area contributed by atoms with Crippen molar-refractivity contribution in [2.75, 3.05) is 42.3 Å². The summed E-state index contributed by atoms with van der Waals surface area (Å²) in [6.07, 6.45) is 0. The van der Waals surface area contributed by atoms with Gasteiger partial charge in [-0.1, -0.05) is 70.6 Å². The minimum absolute atomic E-state index is 0.252. The Hall–Kier alpha value is -3.07. The number of carbonyl (C=O) groups excluding carboxylic acids is 3. The van der Waals surface area contributed by atoms with Crippen LogP contribution in [0.3, 0.4) is 0 Å². The van der Waals surface area contributed by atoms with Crippen LogP contribution in [0.2, 0.25) is 0 Å². The second-order valence-electron chi connectivity index (χ2n) is 20.1. The summed E-state index contributed by atoms with van der Waals surface area (Å²) in [7, 11) is 10.1. The van der Waals surface area contributed by atoms with Crippen molar-refractivity contribution in [1.82, 2.24) is 14.7 Å². The molecule has 0 atom stereocenters. The van der Waals surface area contributed by atoms with Gasteiger partial charge in [-0.15, -0.1) is 0 Å². The van der Waals surface area contributed by atoms with E-state index in [4.69, 9.17) is 28.4 Å². The van der Waals surface area contributed by atoms with Crippen molar-refractivity contribution in [3.05, 3.63) is 33.4 Å². The van der Waals surface area contributed by atoms with Gasteiger partial charge in [-0.25, -0.2) is 0 Å². The number of benzene rings is 3. The molecule has 3 aromatic carbocycles. The molecule has 350 valence electrons. The molecular formula is C46H55N3O10S6. The van der Waals surface area contributed by atoms with Gasteiger partial charge in [-0.3, -0.25) is 14.4 Å². The zero-order chi connectivity index (χ0) is 47.8. The number of thioether (sulfide) groups is 6. The summed E-state index contributed by atoms with van der Waals surface area (Å²) in [5.41, 5.74) is -0.233. The van der Waals surface area contributed by atoms with Crippen molar-refractivity contribution in [3.63, 3.8) is 0 Å². The van der Waals surface area contributed by atoms with Crippen LogP contribution in [0.15, 0.2) is 29.4 Å². The highest BCUT2D eigenvalue weighted by Crippen LogP contribution is 2.72. The SMILES string of the molecule is CN(C)C(=O)c1c2c(c(C(O)(c3c4c(c(C(=O)N(C)C)c5c3SC(C)(C)O5)OC(C)(C)S4)c3c4c(c(C(=O)N(C)C)c5c3SC(C)(C)O5)OC(C)(C)S4)c3c1OC(C)(C)S3)SC(C)(C)O2. The molecule has 6 heterocycles. The molecule has 3 amide bonds. The van der Waals surface area contributed by atoms with Gasteiger partial charge >= 0.3 is 0 Å². The fraction of sp³-hybridized carbons (Fsp3) is 0.543. The van der Waals surface area contributed by atoms with E-state index in [-0.39, 0.29) is 68.9 Å². The summed E-state index contributed by atoms with van der Waals surface area (Å²) >= 11 is 8.44. The largest absolute Gasteiger partial charge is 0.475 e. The first-order chi connectivity index (χ1) is 29.7. The van der Waals surface area contributed by atoms with Crippen LogP contribution in [0, 0.1) is 0 Å². The summed E-state index contributed by atoms with van der Waals surface area (Å²) < 4.78 is 41.1. The van der Waals surface area contributed by atoms with E-state index in [1.165, 1.54) is 85.3 Å². The number of carbonyl (C=O) groups is 3. The Labute approximate surface area is 406 Å². The lowest BCUT2D eigenvalue weighted by Crippen LogP contribution is -2.34. The second kappa shape index (κ2) is 14.5. The number of hydrogen-bond donors (Lipinski definition) is 1. The van der Waals surface area contributed by atoms with E-state index < -0.39 is 35.2 Å². The van der Waals surface area contributed by atoms with Crippen molar-refractivity contribution < 1.29 is 47.9 Å². The molecule has 0 fully saturated rings. The summed E-state index contributed by atoms with van der Waals surface area (Å²) in [5, 5.41) is 15.5. The molecule has 0 saturated carbocycles. The monoisotopic (exact) mass is 1000 g/mol. The van der Waals surface area contributed by atoms with Crippen LogP contribution in [-0.2, 0) is 5.60 Å². The summed E-state index contributed by atoms with van der Waals surface area (Å²) in [4.78, 5) is 45.9. The predicted molar refractivity (Wildman–Crippen MR) is 259 cm³/mol. The van der Waals surface area contributed by atoms with Gasteiger partial charge in [-0.05, 0) is 83.1 Å². The highest BCUT2D eigenvalue weighted by Gasteiger charge is 2.60. The van der Waals surface area contributed by atoms with Crippen molar-refractivity contribution in [1.29, 1.82) is 0 Å². The molecule has 0 saturated heterocycles. The van der Waals surface area contributed by atoms with Gasteiger partial charge in [0.2, 0.25) is 0 Å². The van der Waals surface area contributed by atoms with Gasteiger partial charge in [0.15, 0.2) is 64.1 Å². The lowest BCUT2D eigenvalue weighted by atomic mass is 9.77. The summed E-state index contributed by atoms with van der Waals surface area (Å²) in [6, 6.07) is 0. The van der Waals surface area contributed by atoms with Gasteiger partial charge in [0.1, 0.15) is 22.3 Å². The molecule has 65 heavy (non-hydrogen) atoms. The third-order valence-corrected chi connectivity index (χ3v) is 18.1. The van der Waals surface area contributed by atoms with Crippen molar-refractivity contribution in [2.45, 2.75) is 148 Å². The molecule has 0 bridgehead atoms. The van der Waals surface area contributed by atoms with Crippen molar-refractivity contribution >= 4 is 88.3 Å². The highest BCUT2D eigenvalue weighted by molar-refractivity contribution is 8.02. The van der Waals surface area contributed by atoms with Gasteiger partial charge in [-0.2, -0.15) is 0 Å². The molecule has 0 radical (unpaired) electrons. The van der Waals surface area contributed by atoms with Crippen LogP contribution in [0.4, 0.5) is 0 Å². The van der Waals surface area contributed by atoms with Crippen LogP contribution in [0.25, 0.3) is 0 Å². The summed E-state index contributed by atoms with van der Waals surface area (Å²) in [5.74, 6) is 0.741. The van der Waals surface area contributed by atoms with E-state index in [9.17, 15) is 14.4 Å². The molecule has 9 rings (SSSR count). The van der Waals surface area contributed by atoms with Crippen LogP contribution < -0.4 is 28.4 Å². The molecule has 0 aromatic heterocycles. The van der Waals surface area contributed by atoms with E-state index in [0.29, 0.717) is 46.1 Å². The minimum Gasteiger partial charge on any atom is -0.475 e. The van der Waals surface area contributed by atoms with Gasteiger partial charge in [0.25, 0.3) is 17.7 Å². The second-order valence-corrected chi connectivity index (χ2v) is 29.7. The van der Waals surface area contributed by atoms with Crippen molar-refractivity contribution in [3.8, 4) is 34.5 Å². The van der Waals surface area contributed by atoms with Crippen LogP contribution in [-0.4, -0.2) is 109 Å². The maximum atomic E-state index is 15.5. The molecule has 19 heteroatoms. The average molecular weight is 1000 g/mol. The third kappa shape index (κ3) is 7.24. The highest BCUT2D eigenvalue weighted by atomic mass is 32.2. The first-order valence-corrected chi connectivity index (χ1v) is 26.0. The van der Waals surface area contributed by atoms with E-state index in [1.54, 1.807) is 42.3 Å². The average Bonchev–Trinajstić information content (AvgIpc) is 3.95. The Morgan fingerprint density at radius 3 is 0.662 bits per heavy atom. The Balaban J connectivity index is 1.57. The fourth-order valence-corrected chi connectivity index (χ4v) is 16.3. The van der Waals surface area contributed by atoms with Crippen LogP contribution in [0.1, 0.15) is 131 Å². The summed E-state index contributed by atoms with van der Waals surface area (Å²) in [6.45, 7) is 23.1. The Morgan fingerprint density at radius 1 is 0.369 bits per heavy atom. The van der Waals surface area contributed by atoms with Crippen LogP contribution >= 0.6 is 70.6 Å². The molecule has 6 aliphatic rings. The third-order valence-electron chi connectivity index (χ3n) is 11.1. The van der Waals surface area contributed by atoms with Crippen LogP contribution in [0.5, 0.6) is 34.5 Å². The number of rotatable bonds is 6. The Morgan fingerprint density at radius 2 is 0.523 bits per heavy atom. The molecule has 0 unspecified atom stereocenters. The lowest BCUT2D eigenvalue weighted by molar-refractivity contribution is 0.0802. The maximum Gasteiger partial charge on any atom is 0.260 e. The first-order valence-electron chi connectivity index (χ1n) is 21.1. The van der Waals surface area contributed by atoms with E-state index in [0.717, 1.165) is 0 Å². The molecular weight excluding hydrogens is 947 g/mol. The number of fused-ring (bicyclic) bond motifs is 6. The van der Waals surface area contributed by atoms with E-state index in [2.05, 4.69) is 0 Å². The molecule has 0 aliphatic carbocycles. The predicted octanol–water partition coefficient (Wildman–Crippen LogP) is 10.4. The van der Waals surface area contributed by atoms with E-state index >= 15 is 5.11 Å². The lowest BCUT2D eigenvalue weighted by Gasteiger charge is -2.37. The molecule has 3 aromatic rings. The number of hydrogen-bond acceptors (Lipinski definition) is 16. The Kier molecular flexibility index (Phi) is 10.5. The first kappa shape index (κ1) is 47.0. The number of nitrogens with zero attached hydrogens (tertiary/aromatic N) is 3. The fourth-order valence-electron chi connectivity index (χ4n) is 8.84. The van der Waals surface area contributed by atoms with Gasteiger partial charge < -0.3 is 48.2 Å². The standard InChI is InChI=1S/C46H55N3O10S6/c1-40(2)54-25-19(37(50)47(13)14)26-32(61-41(3,4)55-26)22(31(25)60-40)46(53,23-33-27(56-42(5,6)62-33)20(38(51)48(15)16)28-34(23)63-43(7,8)57-28)24-35-29(58-44(9,10)64-35)21(39(52)49(17)18)30-36(24)65-45(11,12)59-30/h53H,1-18H3. The topological polar surface area (TPSA) is 137 Å². The Bertz CT molecular complexity index is 2290. The zero-order valence-corrected chi connectivity index (χ0v) is 44.8. The quantitative estimate of drug-likeness (QED) is 0.234. The maximum absolute atomic E-state index is 15.5. The number of aliphatic hydroxyl groups is 1. The minimum atomic E-state index is -2.25. The number of amides is 3. The van der Waals surface area contributed by atoms with Gasteiger partial charge in [0, 0.05) is 59.0 Å². The number of ether oxygens (including phenoxy) is 6. The van der Waals surface area contributed by atoms with E-state index in [1.807, 2.05) is 83.1 Å². The van der Waals surface area contributed by atoms with Gasteiger partial charge in [0.05, 0.1) is 29.4 Å². The smallest absolute Gasteiger partial charge is 0.260 e. The molecule has 1 N–H and O–H groups in total. The molecule has 13 nitrogen and oxygen atoms in total. The normalized spacial score (nSPS) is 20.9. The van der Waals surface area contributed by atoms with Crippen molar-refractivity contribution in [2.24, 2.45) is 0 Å². The molecule has 0 spiro atoms.